The Hall–Kier alpha value is -2.08. The first-order valence-electron chi connectivity index (χ1n) is 7.49. The predicted octanol–water partition coefficient (Wildman–Crippen LogP) is 1.71. The van der Waals surface area contributed by atoms with Crippen LogP contribution in [0.1, 0.15) is 26.7 Å². The number of carbonyl (C=O) groups is 2. The Balaban J connectivity index is 1.88. The lowest BCUT2D eigenvalue weighted by Gasteiger charge is -2.18. The maximum Gasteiger partial charge on any atom is 0.260 e. The van der Waals surface area contributed by atoms with E-state index in [1.54, 1.807) is 31.2 Å². The molecule has 2 atom stereocenters. The zero-order valence-corrected chi connectivity index (χ0v) is 12.9. The average Bonchev–Trinajstić information content (AvgIpc) is 2.99. The van der Waals surface area contributed by atoms with Gasteiger partial charge in [-0.1, -0.05) is 12.1 Å². The molecule has 1 aliphatic heterocycles. The second-order valence-electron chi connectivity index (χ2n) is 5.32. The minimum atomic E-state index is -0.656. The van der Waals surface area contributed by atoms with Crippen molar-refractivity contribution in [3.63, 3.8) is 0 Å². The molecule has 2 amide bonds. The molecule has 1 heterocycles. The van der Waals surface area contributed by atoms with E-state index in [1.165, 1.54) is 6.92 Å². The number of benzene rings is 1. The lowest BCUT2D eigenvalue weighted by molar-refractivity contribution is -0.127. The lowest BCUT2D eigenvalue weighted by Crippen LogP contribution is -2.40. The molecular formula is C16H22N2O4. The van der Waals surface area contributed by atoms with Gasteiger partial charge < -0.3 is 20.1 Å². The molecule has 120 valence electrons. The highest BCUT2D eigenvalue weighted by atomic mass is 16.5. The number of hydrogen-bond donors (Lipinski definition) is 2. The summed E-state index contributed by atoms with van der Waals surface area (Å²) in [6, 6.07) is 7.03. The maximum absolute atomic E-state index is 12.1. The Morgan fingerprint density at radius 2 is 2.18 bits per heavy atom. The van der Waals surface area contributed by atoms with Crippen LogP contribution in [-0.4, -0.2) is 37.2 Å². The Morgan fingerprint density at radius 1 is 1.41 bits per heavy atom. The van der Waals surface area contributed by atoms with Crippen molar-refractivity contribution in [1.82, 2.24) is 5.32 Å². The molecule has 0 radical (unpaired) electrons. The highest BCUT2D eigenvalue weighted by molar-refractivity contribution is 5.90. The average molecular weight is 306 g/mol. The first-order valence-corrected chi connectivity index (χ1v) is 7.49. The second kappa shape index (κ2) is 7.79. The van der Waals surface area contributed by atoms with Crippen molar-refractivity contribution in [2.24, 2.45) is 0 Å². The summed E-state index contributed by atoms with van der Waals surface area (Å²) in [4.78, 5) is 23.2. The summed E-state index contributed by atoms with van der Waals surface area (Å²) in [5, 5.41) is 5.51. The molecule has 22 heavy (non-hydrogen) atoms. The van der Waals surface area contributed by atoms with E-state index in [0.717, 1.165) is 19.4 Å². The summed E-state index contributed by atoms with van der Waals surface area (Å²) in [5.74, 6) is 0.0807. The first-order chi connectivity index (χ1) is 10.6. The van der Waals surface area contributed by atoms with Crippen LogP contribution in [0, 0.1) is 0 Å². The van der Waals surface area contributed by atoms with Crippen LogP contribution in [0.4, 0.5) is 5.69 Å². The van der Waals surface area contributed by atoms with Gasteiger partial charge in [0.1, 0.15) is 5.75 Å². The van der Waals surface area contributed by atoms with Gasteiger partial charge in [-0.25, -0.2) is 0 Å². The van der Waals surface area contributed by atoms with Crippen molar-refractivity contribution < 1.29 is 19.1 Å². The van der Waals surface area contributed by atoms with E-state index in [2.05, 4.69) is 10.6 Å². The molecule has 6 nitrogen and oxygen atoms in total. The minimum absolute atomic E-state index is 0.0998. The van der Waals surface area contributed by atoms with Gasteiger partial charge in [-0.2, -0.15) is 0 Å². The topological polar surface area (TPSA) is 76.7 Å². The van der Waals surface area contributed by atoms with Crippen molar-refractivity contribution in [2.75, 3.05) is 18.5 Å². The van der Waals surface area contributed by atoms with E-state index in [1.807, 2.05) is 0 Å². The SMILES string of the molecule is CC(=O)Nc1ccccc1OC(C)C(=O)NCC1CCCO1. The zero-order chi connectivity index (χ0) is 15.9. The van der Waals surface area contributed by atoms with Crippen LogP contribution < -0.4 is 15.4 Å². The number of hydrogen-bond acceptors (Lipinski definition) is 4. The van der Waals surface area contributed by atoms with Crippen LogP contribution in [-0.2, 0) is 14.3 Å². The lowest BCUT2D eigenvalue weighted by atomic mass is 10.2. The Kier molecular flexibility index (Phi) is 5.77. The van der Waals surface area contributed by atoms with E-state index in [4.69, 9.17) is 9.47 Å². The molecule has 0 bridgehead atoms. The molecule has 2 N–H and O–H groups in total. The van der Waals surface area contributed by atoms with E-state index in [0.29, 0.717) is 18.0 Å². The van der Waals surface area contributed by atoms with Crippen LogP contribution in [0.15, 0.2) is 24.3 Å². The Bertz CT molecular complexity index is 527. The number of nitrogens with one attached hydrogen (secondary N) is 2. The van der Waals surface area contributed by atoms with E-state index >= 15 is 0 Å². The molecule has 6 heteroatoms. The number of anilines is 1. The number of rotatable bonds is 6. The molecule has 0 spiro atoms. The highest BCUT2D eigenvalue weighted by Gasteiger charge is 2.20. The molecule has 1 saturated heterocycles. The van der Waals surface area contributed by atoms with E-state index < -0.39 is 6.10 Å². The number of carbonyl (C=O) groups excluding carboxylic acids is 2. The summed E-state index contributed by atoms with van der Waals surface area (Å²) < 4.78 is 11.1. The summed E-state index contributed by atoms with van der Waals surface area (Å²) in [6.45, 7) is 4.36. The quantitative estimate of drug-likeness (QED) is 0.839. The van der Waals surface area contributed by atoms with Crippen molar-refractivity contribution in [3.8, 4) is 5.75 Å². The van der Waals surface area contributed by atoms with Gasteiger partial charge in [-0.05, 0) is 31.9 Å². The van der Waals surface area contributed by atoms with Crippen molar-refractivity contribution in [2.45, 2.75) is 38.9 Å². The van der Waals surface area contributed by atoms with Gasteiger partial charge in [-0.3, -0.25) is 9.59 Å². The molecule has 2 rings (SSSR count). The van der Waals surface area contributed by atoms with Gasteiger partial charge in [0.2, 0.25) is 5.91 Å². The summed E-state index contributed by atoms with van der Waals surface area (Å²) in [6.07, 6.45) is 1.46. The standard InChI is InChI=1S/C16H22N2O4/c1-11(16(20)17-10-13-6-5-9-21-13)22-15-8-4-3-7-14(15)18-12(2)19/h3-4,7-8,11,13H,5-6,9-10H2,1-2H3,(H,17,20)(H,18,19). The van der Waals surface area contributed by atoms with Gasteiger partial charge in [0.05, 0.1) is 11.8 Å². The third-order valence-electron chi connectivity index (χ3n) is 3.40. The van der Waals surface area contributed by atoms with Gasteiger partial charge in [0.25, 0.3) is 5.91 Å². The normalized spacial score (nSPS) is 18.5. The monoisotopic (exact) mass is 306 g/mol. The molecule has 0 saturated carbocycles. The largest absolute Gasteiger partial charge is 0.479 e. The van der Waals surface area contributed by atoms with Crippen molar-refractivity contribution >= 4 is 17.5 Å². The smallest absolute Gasteiger partial charge is 0.260 e. The fraction of sp³-hybridized carbons (Fsp3) is 0.500. The molecule has 1 aromatic rings. The molecule has 0 aliphatic carbocycles. The number of ether oxygens (including phenoxy) is 2. The van der Waals surface area contributed by atoms with Gasteiger partial charge in [-0.15, -0.1) is 0 Å². The zero-order valence-electron chi connectivity index (χ0n) is 12.9. The third kappa shape index (κ3) is 4.73. The Labute approximate surface area is 130 Å². The van der Waals surface area contributed by atoms with Crippen LogP contribution >= 0.6 is 0 Å². The molecule has 0 aromatic heterocycles. The summed E-state index contributed by atoms with van der Waals surface area (Å²) in [5.41, 5.74) is 0.550. The van der Waals surface area contributed by atoms with Crippen LogP contribution in [0.3, 0.4) is 0 Å². The Morgan fingerprint density at radius 3 is 2.86 bits per heavy atom. The minimum Gasteiger partial charge on any atom is -0.479 e. The molecule has 1 fully saturated rings. The van der Waals surface area contributed by atoms with Crippen molar-refractivity contribution in [1.29, 1.82) is 0 Å². The van der Waals surface area contributed by atoms with Crippen LogP contribution in [0.25, 0.3) is 0 Å². The fourth-order valence-corrected chi connectivity index (χ4v) is 2.27. The maximum atomic E-state index is 12.1. The van der Waals surface area contributed by atoms with Gasteiger partial charge >= 0.3 is 0 Å². The number of amides is 2. The molecular weight excluding hydrogens is 284 g/mol. The molecule has 1 aromatic carbocycles. The molecule has 2 unspecified atom stereocenters. The van der Waals surface area contributed by atoms with Crippen LogP contribution in [0.5, 0.6) is 5.75 Å². The van der Waals surface area contributed by atoms with Crippen molar-refractivity contribution in [3.05, 3.63) is 24.3 Å². The van der Waals surface area contributed by atoms with Gasteiger partial charge in [0.15, 0.2) is 6.10 Å². The summed E-state index contributed by atoms with van der Waals surface area (Å²) in [7, 11) is 0. The van der Waals surface area contributed by atoms with E-state index in [-0.39, 0.29) is 17.9 Å². The third-order valence-corrected chi connectivity index (χ3v) is 3.40. The fourth-order valence-electron chi connectivity index (χ4n) is 2.27. The second-order valence-corrected chi connectivity index (χ2v) is 5.32. The van der Waals surface area contributed by atoms with Gasteiger partial charge in [0, 0.05) is 20.1 Å². The predicted molar refractivity (Wildman–Crippen MR) is 82.8 cm³/mol. The number of para-hydroxylation sites is 2. The first kappa shape index (κ1) is 16.3. The molecule has 1 aliphatic rings. The highest BCUT2D eigenvalue weighted by Crippen LogP contribution is 2.24. The summed E-state index contributed by atoms with van der Waals surface area (Å²) >= 11 is 0. The van der Waals surface area contributed by atoms with E-state index in [9.17, 15) is 9.59 Å². The van der Waals surface area contributed by atoms with Crippen LogP contribution in [0.2, 0.25) is 0 Å².